The summed E-state index contributed by atoms with van der Waals surface area (Å²) in [5, 5.41) is 10.6. The van der Waals surface area contributed by atoms with Crippen LogP contribution in [0.4, 0.5) is 11.4 Å². The average molecular weight is 269 g/mol. The number of rotatable bonds is 2. The van der Waals surface area contributed by atoms with Crippen LogP contribution in [0.15, 0.2) is 18.2 Å². The Hall–Kier alpha value is -1.95. The second kappa shape index (κ2) is 4.73. The SMILES string of the molecule is O=C1CCCC(=O)N1c1ccc([N+](=O)[O-])cc1Cl. The Balaban J connectivity index is 2.41. The minimum atomic E-state index is -0.588. The van der Waals surface area contributed by atoms with Crippen LogP contribution in [0.2, 0.25) is 5.02 Å². The molecule has 1 aromatic rings. The average Bonchev–Trinajstić information content (AvgIpc) is 2.30. The van der Waals surface area contributed by atoms with Crippen molar-refractivity contribution >= 4 is 34.8 Å². The van der Waals surface area contributed by atoms with Crippen molar-refractivity contribution in [3.63, 3.8) is 0 Å². The third-order valence-corrected chi connectivity index (χ3v) is 2.97. The summed E-state index contributed by atoms with van der Waals surface area (Å²) in [6.45, 7) is 0. The molecule has 18 heavy (non-hydrogen) atoms. The summed E-state index contributed by atoms with van der Waals surface area (Å²) in [5.74, 6) is -0.663. The molecule has 0 radical (unpaired) electrons. The van der Waals surface area contributed by atoms with E-state index in [2.05, 4.69) is 0 Å². The fourth-order valence-corrected chi connectivity index (χ4v) is 2.07. The summed E-state index contributed by atoms with van der Waals surface area (Å²) < 4.78 is 0. The summed E-state index contributed by atoms with van der Waals surface area (Å²) >= 11 is 5.89. The number of carbonyl (C=O) groups is 2. The third-order valence-electron chi connectivity index (χ3n) is 2.66. The topological polar surface area (TPSA) is 80.5 Å². The summed E-state index contributed by atoms with van der Waals surface area (Å²) in [6.07, 6.45) is 1.08. The van der Waals surface area contributed by atoms with Gasteiger partial charge < -0.3 is 0 Å². The normalized spacial score (nSPS) is 15.9. The number of halogens is 1. The molecule has 0 bridgehead atoms. The lowest BCUT2D eigenvalue weighted by Gasteiger charge is -2.25. The fourth-order valence-electron chi connectivity index (χ4n) is 1.81. The molecule has 6 nitrogen and oxygen atoms in total. The molecule has 1 aliphatic rings. The van der Waals surface area contributed by atoms with Crippen molar-refractivity contribution < 1.29 is 14.5 Å². The number of non-ortho nitro benzene ring substituents is 1. The Morgan fingerprint density at radius 2 is 1.83 bits per heavy atom. The molecule has 94 valence electrons. The molecule has 0 unspecified atom stereocenters. The Labute approximate surface area is 107 Å². The van der Waals surface area contributed by atoms with E-state index in [1.165, 1.54) is 12.1 Å². The lowest BCUT2D eigenvalue weighted by Crippen LogP contribution is -2.40. The Bertz CT molecular complexity index is 528. The van der Waals surface area contributed by atoms with E-state index in [0.717, 1.165) is 11.0 Å². The minimum Gasteiger partial charge on any atom is -0.274 e. The Kier molecular flexibility index (Phi) is 3.29. The van der Waals surface area contributed by atoms with E-state index in [0.29, 0.717) is 6.42 Å². The number of hydrogen-bond donors (Lipinski definition) is 0. The van der Waals surface area contributed by atoms with Crippen molar-refractivity contribution in [2.45, 2.75) is 19.3 Å². The molecule has 2 rings (SSSR count). The van der Waals surface area contributed by atoms with Crippen molar-refractivity contribution in [3.8, 4) is 0 Å². The highest BCUT2D eigenvalue weighted by Gasteiger charge is 2.29. The van der Waals surface area contributed by atoms with Gasteiger partial charge in [-0.2, -0.15) is 0 Å². The van der Waals surface area contributed by atoms with Crippen molar-refractivity contribution in [1.82, 2.24) is 0 Å². The number of carbonyl (C=O) groups excluding carboxylic acids is 2. The quantitative estimate of drug-likeness (QED) is 0.468. The molecule has 0 aliphatic carbocycles. The predicted molar refractivity (Wildman–Crippen MR) is 64.5 cm³/mol. The van der Waals surface area contributed by atoms with Crippen LogP contribution in [0.5, 0.6) is 0 Å². The first-order valence-electron chi connectivity index (χ1n) is 5.30. The molecule has 2 amide bonds. The summed E-state index contributed by atoms with van der Waals surface area (Å²) in [7, 11) is 0. The Morgan fingerprint density at radius 1 is 1.22 bits per heavy atom. The van der Waals surface area contributed by atoms with Gasteiger partial charge in [-0.15, -0.1) is 0 Å². The van der Waals surface area contributed by atoms with Crippen LogP contribution < -0.4 is 4.90 Å². The summed E-state index contributed by atoms with van der Waals surface area (Å²) in [4.78, 5) is 34.4. The molecule has 0 spiro atoms. The highest BCUT2D eigenvalue weighted by molar-refractivity contribution is 6.35. The predicted octanol–water partition coefficient (Wildman–Crippen LogP) is 2.29. The minimum absolute atomic E-state index is 0.0211. The maximum atomic E-state index is 11.7. The number of nitro benzene ring substituents is 1. The lowest BCUT2D eigenvalue weighted by molar-refractivity contribution is -0.384. The smallest absolute Gasteiger partial charge is 0.271 e. The molecule has 0 N–H and O–H groups in total. The van der Waals surface area contributed by atoms with Crippen LogP contribution in [0.3, 0.4) is 0 Å². The lowest BCUT2D eigenvalue weighted by atomic mass is 10.1. The van der Waals surface area contributed by atoms with Crippen LogP contribution in [0, 0.1) is 10.1 Å². The highest BCUT2D eigenvalue weighted by atomic mass is 35.5. The maximum absolute atomic E-state index is 11.7. The number of hydrogen-bond acceptors (Lipinski definition) is 4. The monoisotopic (exact) mass is 268 g/mol. The van der Waals surface area contributed by atoms with E-state index in [4.69, 9.17) is 11.6 Å². The fraction of sp³-hybridized carbons (Fsp3) is 0.273. The molecule has 1 aliphatic heterocycles. The Morgan fingerprint density at radius 3 is 2.33 bits per heavy atom. The molecule has 7 heteroatoms. The second-order valence-corrected chi connectivity index (χ2v) is 4.28. The zero-order chi connectivity index (χ0) is 13.3. The van der Waals surface area contributed by atoms with Gasteiger partial charge in [-0.1, -0.05) is 11.6 Å². The van der Waals surface area contributed by atoms with Crippen LogP contribution in [-0.2, 0) is 9.59 Å². The van der Waals surface area contributed by atoms with Crippen molar-refractivity contribution in [2.24, 2.45) is 0 Å². The highest BCUT2D eigenvalue weighted by Crippen LogP contribution is 2.32. The van der Waals surface area contributed by atoms with Crippen LogP contribution in [0.1, 0.15) is 19.3 Å². The van der Waals surface area contributed by atoms with Gasteiger partial charge in [-0.25, -0.2) is 4.90 Å². The number of nitrogens with zero attached hydrogens (tertiary/aromatic N) is 2. The first-order valence-corrected chi connectivity index (χ1v) is 5.68. The maximum Gasteiger partial charge on any atom is 0.271 e. The van der Waals surface area contributed by atoms with E-state index in [1.54, 1.807) is 0 Å². The second-order valence-electron chi connectivity index (χ2n) is 3.87. The third kappa shape index (κ3) is 2.19. The van der Waals surface area contributed by atoms with Crippen LogP contribution in [-0.4, -0.2) is 16.7 Å². The standard InChI is InChI=1S/C11H9ClN2O4/c12-8-6-7(14(17)18)4-5-9(8)13-10(15)2-1-3-11(13)16/h4-6H,1-3H2. The summed E-state index contributed by atoms with van der Waals surface area (Å²) in [6, 6.07) is 3.67. The van der Waals surface area contributed by atoms with Crippen LogP contribution >= 0.6 is 11.6 Å². The number of amides is 2. The first kappa shape index (κ1) is 12.5. The number of imide groups is 1. The van der Waals surface area contributed by atoms with Crippen LogP contribution in [0.25, 0.3) is 0 Å². The first-order chi connectivity index (χ1) is 8.50. The van der Waals surface area contributed by atoms with E-state index >= 15 is 0 Å². The van der Waals surface area contributed by atoms with Crippen molar-refractivity contribution in [1.29, 1.82) is 0 Å². The zero-order valence-electron chi connectivity index (χ0n) is 9.26. The van der Waals surface area contributed by atoms with Crippen molar-refractivity contribution in [2.75, 3.05) is 4.90 Å². The van der Waals surface area contributed by atoms with Gasteiger partial charge in [0.05, 0.1) is 15.6 Å². The van der Waals surface area contributed by atoms with Gasteiger partial charge in [0.1, 0.15) is 0 Å². The van der Waals surface area contributed by atoms with E-state index in [-0.39, 0.29) is 41.1 Å². The van der Waals surface area contributed by atoms with E-state index in [1.807, 2.05) is 0 Å². The van der Waals surface area contributed by atoms with Gasteiger partial charge in [0.15, 0.2) is 0 Å². The molecule has 0 aromatic heterocycles. The molecule has 0 atom stereocenters. The van der Waals surface area contributed by atoms with E-state index < -0.39 is 4.92 Å². The van der Waals surface area contributed by atoms with Gasteiger partial charge in [0.25, 0.3) is 5.69 Å². The molecule has 1 aromatic carbocycles. The number of piperidine rings is 1. The molecule has 0 saturated carbocycles. The molecular formula is C11H9ClN2O4. The zero-order valence-corrected chi connectivity index (χ0v) is 10.0. The largest absolute Gasteiger partial charge is 0.274 e. The number of benzene rings is 1. The van der Waals surface area contributed by atoms with Gasteiger partial charge in [0.2, 0.25) is 11.8 Å². The number of nitro groups is 1. The molecule has 1 saturated heterocycles. The van der Waals surface area contributed by atoms with Gasteiger partial charge in [-0.05, 0) is 12.5 Å². The summed E-state index contributed by atoms with van der Waals surface area (Å²) in [5.41, 5.74) is 0.0256. The van der Waals surface area contributed by atoms with Gasteiger partial charge >= 0.3 is 0 Å². The van der Waals surface area contributed by atoms with Gasteiger partial charge in [-0.3, -0.25) is 19.7 Å². The van der Waals surface area contributed by atoms with Crippen molar-refractivity contribution in [3.05, 3.63) is 33.3 Å². The molecular weight excluding hydrogens is 260 g/mol. The van der Waals surface area contributed by atoms with E-state index in [9.17, 15) is 19.7 Å². The van der Waals surface area contributed by atoms with Gasteiger partial charge in [0, 0.05) is 25.0 Å². The molecule has 1 heterocycles. The number of anilines is 1. The molecule has 1 fully saturated rings.